The van der Waals surface area contributed by atoms with Crippen molar-refractivity contribution in [1.82, 2.24) is 0 Å². The smallest absolute Gasteiger partial charge is 0.188 e. The summed E-state index contributed by atoms with van der Waals surface area (Å²) in [6.07, 6.45) is 0.986. The average molecular weight is 233 g/mol. The zero-order valence-corrected chi connectivity index (χ0v) is 10.9. The highest BCUT2D eigenvalue weighted by Crippen LogP contribution is 2.31. The second kappa shape index (κ2) is 5.70. The van der Waals surface area contributed by atoms with Crippen LogP contribution in [-0.4, -0.2) is 13.9 Å². The number of hydrogen-bond donors (Lipinski definition) is 0. The van der Waals surface area contributed by atoms with Gasteiger partial charge in [-0.15, -0.1) is 0 Å². The number of ether oxygens (including phenoxy) is 2. The minimum absolute atomic E-state index is 0.00481. The maximum absolute atomic E-state index is 9.19. The van der Waals surface area contributed by atoms with Crippen LogP contribution in [0.15, 0.2) is 18.2 Å². The van der Waals surface area contributed by atoms with E-state index >= 15 is 0 Å². The Hall–Kier alpha value is -1.53. The summed E-state index contributed by atoms with van der Waals surface area (Å²) in [6.45, 7) is 6.59. The fourth-order valence-corrected chi connectivity index (χ4v) is 1.61. The number of rotatable bonds is 5. The van der Waals surface area contributed by atoms with Gasteiger partial charge in [-0.2, -0.15) is 5.26 Å². The van der Waals surface area contributed by atoms with Crippen molar-refractivity contribution in [2.24, 2.45) is 0 Å². The van der Waals surface area contributed by atoms with Gasteiger partial charge in [-0.25, -0.2) is 0 Å². The molecule has 1 aromatic rings. The van der Waals surface area contributed by atoms with Crippen LogP contribution in [0.1, 0.15) is 38.3 Å². The van der Waals surface area contributed by atoms with E-state index in [1.165, 1.54) is 0 Å². The molecule has 0 saturated heterocycles. The van der Waals surface area contributed by atoms with Crippen LogP contribution in [0.2, 0.25) is 0 Å². The van der Waals surface area contributed by atoms with E-state index in [-0.39, 0.29) is 12.2 Å². The van der Waals surface area contributed by atoms with E-state index in [1.54, 1.807) is 13.2 Å². The van der Waals surface area contributed by atoms with Crippen molar-refractivity contribution in [3.63, 3.8) is 0 Å². The molecule has 0 aromatic heterocycles. The summed E-state index contributed by atoms with van der Waals surface area (Å²) in [7, 11) is 1.57. The highest BCUT2D eigenvalue weighted by Gasteiger charge is 2.21. The third kappa shape index (κ3) is 3.21. The second-order valence-corrected chi connectivity index (χ2v) is 4.61. The van der Waals surface area contributed by atoms with Crippen LogP contribution in [0.25, 0.3) is 0 Å². The lowest BCUT2D eigenvalue weighted by molar-refractivity contribution is 0.0511. The maximum Gasteiger partial charge on any atom is 0.188 e. The molecule has 0 bridgehead atoms. The van der Waals surface area contributed by atoms with Gasteiger partial charge in [-0.05, 0) is 29.5 Å². The summed E-state index contributed by atoms with van der Waals surface area (Å²) >= 11 is 0. The molecule has 0 aliphatic heterocycles. The van der Waals surface area contributed by atoms with Gasteiger partial charge in [0.25, 0.3) is 0 Å². The summed E-state index contributed by atoms with van der Waals surface area (Å²) in [6, 6.07) is 7.85. The summed E-state index contributed by atoms with van der Waals surface area (Å²) in [5.41, 5.74) is 1.74. The van der Waals surface area contributed by atoms with Gasteiger partial charge in [0.2, 0.25) is 0 Å². The first-order valence-corrected chi connectivity index (χ1v) is 5.71. The Balaban J connectivity index is 3.07. The van der Waals surface area contributed by atoms with E-state index in [4.69, 9.17) is 9.47 Å². The average Bonchev–Trinajstić information content (AvgIpc) is 2.35. The number of benzene rings is 1. The molecule has 0 amide bonds. The minimum atomic E-state index is 0.00481. The fraction of sp³-hybridized carbons (Fsp3) is 0.500. The van der Waals surface area contributed by atoms with Crippen molar-refractivity contribution in [3.05, 3.63) is 29.3 Å². The largest absolute Gasteiger partial charge is 0.468 e. The third-order valence-corrected chi connectivity index (χ3v) is 3.07. The van der Waals surface area contributed by atoms with Crippen LogP contribution in [0.4, 0.5) is 0 Å². The highest BCUT2D eigenvalue weighted by molar-refractivity contribution is 5.46. The van der Waals surface area contributed by atoms with Crippen LogP contribution in [-0.2, 0) is 10.2 Å². The molecule has 1 rings (SSSR count). The number of hydrogen-bond acceptors (Lipinski definition) is 3. The molecule has 0 heterocycles. The highest BCUT2D eigenvalue weighted by atomic mass is 16.7. The van der Waals surface area contributed by atoms with Crippen molar-refractivity contribution < 1.29 is 9.47 Å². The van der Waals surface area contributed by atoms with Crippen molar-refractivity contribution in [1.29, 1.82) is 5.26 Å². The van der Waals surface area contributed by atoms with Gasteiger partial charge >= 0.3 is 0 Å². The zero-order chi connectivity index (χ0) is 12.9. The minimum Gasteiger partial charge on any atom is -0.468 e. The Morgan fingerprint density at radius 3 is 2.59 bits per heavy atom. The molecule has 92 valence electrons. The molecular formula is C14H19NO2. The van der Waals surface area contributed by atoms with Crippen LogP contribution in [0.3, 0.4) is 0 Å². The molecular weight excluding hydrogens is 214 g/mol. The van der Waals surface area contributed by atoms with Gasteiger partial charge in [-0.1, -0.05) is 26.8 Å². The van der Waals surface area contributed by atoms with Gasteiger partial charge in [0.15, 0.2) is 6.79 Å². The Morgan fingerprint density at radius 2 is 2.06 bits per heavy atom. The molecule has 17 heavy (non-hydrogen) atoms. The lowest BCUT2D eigenvalue weighted by Crippen LogP contribution is -2.17. The molecule has 0 N–H and O–H groups in total. The molecule has 0 fully saturated rings. The van der Waals surface area contributed by atoms with Crippen molar-refractivity contribution >= 4 is 0 Å². The van der Waals surface area contributed by atoms with E-state index < -0.39 is 0 Å². The first kappa shape index (κ1) is 13.5. The Morgan fingerprint density at radius 1 is 1.35 bits per heavy atom. The standard InChI is InChI=1S/C14H19NO2/c1-5-14(2,3)13-7-6-12(17-10-16-4)8-11(13)9-15/h6-8H,5,10H2,1-4H3. The molecule has 0 aliphatic rings. The first-order valence-electron chi connectivity index (χ1n) is 5.71. The van der Waals surface area contributed by atoms with Crippen LogP contribution in [0, 0.1) is 11.3 Å². The molecule has 0 atom stereocenters. The first-order chi connectivity index (χ1) is 8.05. The van der Waals surface area contributed by atoms with Gasteiger partial charge in [-0.3, -0.25) is 0 Å². The molecule has 0 aliphatic carbocycles. The Labute approximate surface area is 103 Å². The summed E-state index contributed by atoms with van der Waals surface area (Å²) in [5, 5.41) is 9.19. The van der Waals surface area contributed by atoms with E-state index in [0.717, 1.165) is 12.0 Å². The molecule has 0 unspecified atom stereocenters. The van der Waals surface area contributed by atoms with E-state index in [9.17, 15) is 5.26 Å². The van der Waals surface area contributed by atoms with Gasteiger partial charge in [0, 0.05) is 7.11 Å². The van der Waals surface area contributed by atoms with Gasteiger partial charge < -0.3 is 9.47 Å². The molecule has 3 nitrogen and oxygen atoms in total. The molecule has 0 spiro atoms. The van der Waals surface area contributed by atoms with E-state index in [0.29, 0.717) is 11.3 Å². The van der Waals surface area contributed by atoms with E-state index in [1.807, 2.05) is 12.1 Å². The molecule has 3 heteroatoms. The normalized spacial score (nSPS) is 11.0. The van der Waals surface area contributed by atoms with E-state index in [2.05, 4.69) is 26.8 Å². The summed E-state index contributed by atoms with van der Waals surface area (Å²) < 4.78 is 10.2. The van der Waals surface area contributed by atoms with Gasteiger partial charge in [0.1, 0.15) is 5.75 Å². The van der Waals surface area contributed by atoms with Crippen molar-refractivity contribution in [2.45, 2.75) is 32.6 Å². The molecule has 0 saturated carbocycles. The monoisotopic (exact) mass is 233 g/mol. The molecule has 0 radical (unpaired) electrons. The number of methoxy groups -OCH3 is 1. The number of nitrogens with zero attached hydrogens (tertiary/aromatic N) is 1. The predicted molar refractivity (Wildman–Crippen MR) is 67.0 cm³/mol. The summed E-state index contributed by atoms with van der Waals surface area (Å²) in [5.74, 6) is 0.666. The Bertz CT molecular complexity index is 419. The SMILES string of the molecule is CCC(C)(C)c1ccc(OCOC)cc1C#N. The number of nitriles is 1. The second-order valence-electron chi connectivity index (χ2n) is 4.61. The van der Waals surface area contributed by atoms with Crippen LogP contribution in [0.5, 0.6) is 5.75 Å². The topological polar surface area (TPSA) is 42.2 Å². The Kier molecular flexibility index (Phi) is 4.53. The van der Waals surface area contributed by atoms with Crippen LogP contribution < -0.4 is 4.74 Å². The lowest BCUT2D eigenvalue weighted by Gasteiger charge is -2.24. The quantitative estimate of drug-likeness (QED) is 0.733. The molecule has 1 aromatic carbocycles. The summed E-state index contributed by atoms with van der Waals surface area (Å²) in [4.78, 5) is 0. The van der Waals surface area contributed by atoms with Gasteiger partial charge in [0.05, 0.1) is 11.6 Å². The maximum atomic E-state index is 9.19. The predicted octanol–water partition coefficient (Wildman–Crippen LogP) is 3.23. The third-order valence-electron chi connectivity index (χ3n) is 3.07. The van der Waals surface area contributed by atoms with Crippen LogP contribution >= 0.6 is 0 Å². The zero-order valence-electron chi connectivity index (χ0n) is 10.9. The van der Waals surface area contributed by atoms with Crippen molar-refractivity contribution in [3.8, 4) is 11.8 Å². The van der Waals surface area contributed by atoms with Crippen molar-refractivity contribution in [2.75, 3.05) is 13.9 Å². The lowest BCUT2D eigenvalue weighted by atomic mass is 9.80. The fourth-order valence-electron chi connectivity index (χ4n) is 1.61.